The third-order valence-electron chi connectivity index (χ3n) is 3.40. The molecule has 0 fully saturated rings. The maximum atomic E-state index is 12.9. The van der Waals surface area contributed by atoms with Crippen LogP contribution in [0.15, 0.2) is 24.3 Å². The molecule has 1 aromatic carbocycles. The molecule has 0 aliphatic carbocycles. The van der Waals surface area contributed by atoms with Crippen molar-refractivity contribution in [3.8, 4) is 0 Å². The van der Waals surface area contributed by atoms with Crippen LogP contribution in [0.3, 0.4) is 0 Å². The number of urea groups is 1. The maximum Gasteiger partial charge on any atom is 0.418 e. The van der Waals surface area contributed by atoms with Gasteiger partial charge in [-0.1, -0.05) is 12.1 Å². The molecule has 1 rings (SSSR count). The van der Waals surface area contributed by atoms with Crippen molar-refractivity contribution in [1.82, 2.24) is 15.5 Å². The van der Waals surface area contributed by atoms with E-state index in [0.29, 0.717) is 0 Å². The van der Waals surface area contributed by atoms with Crippen molar-refractivity contribution in [2.24, 2.45) is 0 Å². The molecular formula is C15H19F3N4O3. The Morgan fingerprint density at radius 1 is 1.20 bits per heavy atom. The van der Waals surface area contributed by atoms with Crippen LogP contribution in [0.25, 0.3) is 0 Å². The van der Waals surface area contributed by atoms with E-state index in [1.807, 2.05) is 0 Å². The lowest BCUT2D eigenvalue weighted by molar-refractivity contribution is -0.137. The molecule has 1 atom stereocenters. The van der Waals surface area contributed by atoms with Crippen LogP contribution in [0, 0.1) is 0 Å². The third-order valence-corrected chi connectivity index (χ3v) is 3.40. The summed E-state index contributed by atoms with van der Waals surface area (Å²) in [5, 5.41) is 6.44. The highest BCUT2D eigenvalue weighted by Gasteiger charge is 2.33. The van der Waals surface area contributed by atoms with Gasteiger partial charge < -0.3 is 10.6 Å². The number of hydrogen-bond acceptors (Lipinski definition) is 4. The molecule has 1 aromatic rings. The Kier molecular flexibility index (Phi) is 6.92. The van der Waals surface area contributed by atoms with E-state index < -0.39 is 35.6 Å². The topological polar surface area (TPSA) is 90.5 Å². The number of hydrogen-bond donors (Lipinski definition) is 3. The lowest BCUT2D eigenvalue weighted by Crippen LogP contribution is -2.49. The Morgan fingerprint density at radius 3 is 2.36 bits per heavy atom. The highest BCUT2D eigenvalue weighted by molar-refractivity contribution is 5.97. The SMILES string of the molecule is CNC(=O)NC(=O)C(C)N(C)CC(=O)Nc1ccccc1C(F)(F)F. The zero-order chi connectivity index (χ0) is 19.2. The van der Waals surface area contributed by atoms with E-state index in [4.69, 9.17) is 0 Å². The van der Waals surface area contributed by atoms with Gasteiger partial charge in [0.05, 0.1) is 23.8 Å². The molecule has 0 saturated carbocycles. The Bertz CT molecular complexity index is 649. The molecular weight excluding hydrogens is 341 g/mol. The van der Waals surface area contributed by atoms with Crippen LogP contribution in [0.4, 0.5) is 23.7 Å². The summed E-state index contributed by atoms with van der Waals surface area (Å²) in [6.07, 6.45) is -4.60. The van der Waals surface area contributed by atoms with Crippen LogP contribution in [0.5, 0.6) is 0 Å². The van der Waals surface area contributed by atoms with Gasteiger partial charge in [0.2, 0.25) is 11.8 Å². The van der Waals surface area contributed by atoms with E-state index in [1.165, 1.54) is 38.1 Å². The first-order valence-electron chi connectivity index (χ1n) is 7.25. The number of anilines is 1. The van der Waals surface area contributed by atoms with Gasteiger partial charge >= 0.3 is 12.2 Å². The lowest BCUT2D eigenvalue weighted by atomic mass is 10.1. The Morgan fingerprint density at radius 2 is 1.80 bits per heavy atom. The van der Waals surface area contributed by atoms with Crippen molar-refractivity contribution in [2.45, 2.75) is 19.1 Å². The van der Waals surface area contributed by atoms with Crippen molar-refractivity contribution < 1.29 is 27.6 Å². The summed E-state index contributed by atoms with van der Waals surface area (Å²) >= 11 is 0. The monoisotopic (exact) mass is 360 g/mol. The first kappa shape index (κ1) is 20.4. The number of para-hydroxylation sites is 1. The Labute approximate surface area is 142 Å². The van der Waals surface area contributed by atoms with E-state index >= 15 is 0 Å². The third kappa shape index (κ3) is 6.07. The molecule has 0 heterocycles. The summed E-state index contributed by atoms with van der Waals surface area (Å²) in [4.78, 5) is 36.2. The highest BCUT2D eigenvalue weighted by atomic mass is 19.4. The summed E-state index contributed by atoms with van der Waals surface area (Å²) in [5.74, 6) is -1.37. The van der Waals surface area contributed by atoms with Gasteiger partial charge in [-0.05, 0) is 26.1 Å². The van der Waals surface area contributed by atoms with Crippen molar-refractivity contribution in [3.63, 3.8) is 0 Å². The van der Waals surface area contributed by atoms with Gasteiger partial charge in [-0.3, -0.25) is 19.8 Å². The molecule has 10 heteroatoms. The second-order valence-corrected chi connectivity index (χ2v) is 5.25. The van der Waals surface area contributed by atoms with Gasteiger partial charge in [0.1, 0.15) is 0 Å². The summed E-state index contributed by atoms with van der Waals surface area (Å²) in [7, 11) is 2.77. The van der Waals surface area contributed by atoms with Crippen LogP contribution in [0.1, 0.15) is 12.5 Å². The Hall–Kier alpha value is -2.62. The number of nitrogens with zero attached hydrogens (tertiary/aromatic N) is 1. The predicted octanol–water partition coefficient (Wildman–Crippen LogP) is 1.42. The molecule has 7 nitrogen and oxygen atoms in total. The first-order valence-corrected chi connectivity index (χ1v) is 7.25. The second-order valence-electron chi connectivity index (χ2n) is 5.25. The molecule has 0 spiro atoms. The lowest BCUT2D eigenvalue weighted by Gasteiger charge is -2.23. The average Bonchev–Trinajstić information content (AvgIpc) is 2.53. The van der Waals surface area contributed by atoms with Crippen molar-refractivity contribution in [1.29, 1.82) is 0 Å². The van der Waals surface area contributed by atoms with Crippen LogP contribution in [-0.2, 0) is 15.8 Å². The molecule has 0 aliphatic heterocycles. The molecule has 4 amide bonds. The van der Waals surface area contributed by atoms with Crippen LogP contribution in [0.2, 0.25) is 0 Å². The van der Waals surface area contributed by atoms with Crippen molar-refractivity contribution in [2.75, 3.05) is 26.0 Å². The molecule has 1 unspecified atom stereocenters. The number of carbonyl (C=O) groups excluding carboxylic acids is 3. The van der Waals surface area contributed by atoms with E-state index in [1.54, 1.807) is 0 Å². The van der Waals surface area contributed by atoms with Gasteiger partial charge in [0.25, 0.3) is 0 Å². The van der Waals surface area contributed by atoms with Gasteiger partial charge in [-0.15, -0.1) is 0 Å². The summed E-state index contributed by atoms with van der Waals surface area (Å²) in [6, 6.07) is 3.04. The van der Waals surface area contributed by atoms with E-state index in [0.717, 1.165) is 12.1 Å². The average molecular weight is 360 g/mol. The molecule has 0 bridgehead atoms. The molecule has 0 radical (unpaired) electrons. The van der Waals surface area contributed by atoms with Crippen LogP contribution in [-0.4, -0.2) is 49.4 Å². The quantitative estimate of drug-likeness (QED) is 0.741. The van der Waals surface area contributed by atoms with Crippen LogP contribution >= 0.6 is 0 Å². The molecule has 0 saturated heterocycles. The molecule has 0 aliphatic rings. The van der Waals surface area contributed by atoms with E-state index in [9.17, 15) is 27.6 Å². The first-order chi connectivity index (χ1) is 11.6. The number of carbonyl (C=O) groups is 3. The number of likely N-dealkylation sites (N-methyl/N-ethyl adjacent to an activating group) is 1. The summed E-state index contributed by atoms with van der Waals surface area (Å²) < 4.78 is 38.7. The zero-order valence-electron chi connectivity index (χ0n) is 13.9. The molecule has 0 aromatic heterocycles. The normalized spacial score (nSPS) is 12.4. The number of alkyl halides is 3. The number of rotatable bonds is 5. The molecule has 3 N–H and O–H groups in total. The van der Waals surface area contributed by atoms with Gasteiger partial charge in [-0.2, -0.15) is 13.2 Å². The molecule has 25 heavy (non-hydrogen) atoms. The van der Waals surface area contributed by atoms with E-state index in [-0.39, 0.29) is 12.2 Å². The fourth-order valence-electron chi connectivity index (χ4n) is 1.87. The van der Waals surface area contributed by atoms with Gasteiger partial charge in [-0.25, -0.2) is 4.79 Å². The smallest absolute Gasteiger partial charge is 0.341 e. The minimum Gasteiger partial charge on any atom is -0.341 e. The molecule has 138 valence electrons. The number of benzene rings is 1. The van der Waals surface area contributed by atoms with Gasteiger partial charge in [0.15, 0.2) is 0 Å². The second kappa shape index (κ2) is 8.47. The largest absolute Gasteiger partial charge is 0.418 e. The van der Waals surface area contributed by atoms with Crippen LogP contribution < -0.4 is 16.0 Å². The van der Waals surface area contributed by atoms with E-state index in [2.05, 4.69) is 16.0 Å². The highest BCUT2D eigenvalue weighted by Crippen LogP contribution is 2.34. The zero-order valence-corrected chi connectivity index (χ0v) is 13.9. The minimum atomic E-state index is -4.60. The number of nitrogens with one attached hydrogen (secondary N) is 3. The minimum absolute atomic E-state index is 0.339. The number of halogens is 3. The summed E-state index contributed by atoms with van der Waals surface area (Å²) in [5.41, 5.74) is -1.33. The number of imide groups is 1. The predicted molar refractivity (Wildman–Crippen MR) is 84.8 cm³/mol. The number of amides is 4. The van der Waals surface area contributed by atoms with Crippen molar-refractivity contribution in [3.05, 3.63) is 29.8 Å². The fraction of sp³-hybridized carbons (Fsp3) is 0.400. The summed E-state index contributed by atoms with van der Waals surface area (Å²) in [6.45, 7) is 1.11. The Balaban J connectivity index is 2.71. The van der Waals surface area contributed by atoms with Crippen molar-refractivity contribution >= 4 is 23.5 Å². The fourth-order valence-corrected chi connectivity index (χ4v) is 1.87. The van der Waals surface area contributed by atoms with Gasteiger partial charge in [0, 0.05) is 7.05 Å². The maximum absolute atomic E-state index is 12.9. The standard InChI is InChI=1S/C15H19F3N4O3/c1-9(13(24)21-14(25)19-2)22(3)8-12(23)20-11-7-5-4-6-10(11)15(16,17)18/h4-7,9H,8H2,1-3H3,(H,20,23)(H2,19,21,24,25).